The molecule has 0 bridgehead atoms. The van der Waals surface area contributed by atoms with E-state index >= 15 is 0 Å². The van der Waals surface area contributed by atoms with Crippen molar-refractivity contribution in [2.24, 2.45) is 0 Å². The van der Waals surface area contributed by atoms with Crippen molar-refractivity contribution in [3.63, 3.8) is 0 Å². The molecular formula is C16H23NO2. The molecule has 1 saturated carbocycles. The summed E-state index contributed by atoms with van der Waals surface area (Å²) in [6.07, 6.45) is 5.00. The second-order valence-corrected chi connectivity index (χ2v) is 5.63. The molecule has 1 aromatic rings. The van der Waals surface area contributed by atoms with E-state index in [4.69, 9.17) is 0 Å². The van der Waals surface area contributed by atoms with Crippen LogP contribution in [0, 0.1) is 6.92 Å². The smallest absolute Gasteiger partial charge is 0.220 e. The van der Waals surface area contributed by atoms with E-state index in [9.17, 15) is 9.90 Å². The molecule has 1 aliphatic carbocycles. The molecule has 3 heteroatoms. The second-order valence-electron chi connectivity index (χ2n) is 5.63. The molecule has 2 rings (SSSR count). The lowest BCUT2D eigenvalue weighted by atomic mass is 10.0. The highest BCUT2D eigenvalue weighted by atomic mass is 16.3. The minimum atomic E-state index is -0.654. The van der Waals surface area contributed by atoms with Gasteiger partial charge in [0.15, 0.2) is 0 Å². The lowest BCUT2D eigenvalue weighted by Gasteiger charge is -2.22. The number of carbonyl (C=O) groups is 1. The lowest BCUT2D eigenvalue weighted by molar-refractivity contribution is -0.122. The molecule has 0 aliphatic heterocycles. The van der Waals surface area contributed by atoms with Crippen LogP contribution in [0.15, 0.2) is 24.3 Å². The van der Waals surface area contributed by atoms with Crippen LogP contribution in [-0.4, -0.2) is 23.2 Å². The fourth-order valence-corrected chi connectivity index (χ4v) is 2.70. The normalized spacial score (nSPS) is 17.4. The van der Waals surface area contributed by atoms with Crippen LogP contribution in [0.5, 0.6) is 0 Å². The summed E-state index contributed by atoms with van der Waals surface area (Å²) in [7, 11) is 0. The highest BCUT2D eigenvalue weighted by Crippen LogP contribution is 2.28. The third-order valence-corrected chi connectivity index (χ3v) is 4.03. The highest BCUT2D eigenvalue weighted by Gasteiger charge is 2.31. The predicted molar refractivity (Wildman–Crippen MR) is 75.9 cm³/mol. The summed E-state index contributed by atoms with van der Waals surface area (Å²) in [5.74, 6) is 0.0311. The number of nitrogens with one attached hydrogen (secondary N) is 1. The minimum absolute atomic E-state index is 0.0311. The maximum absolute atomic E-state index is 11.8. The van der Waals surface area contributed by atoms with E-state index in [0.29, 0.717) is 13.0 Å². The summed E-state index contributed by atoms with van der Waals surface area (Å²) < 4.78 is 0. The number of aliphatic hydroxyl groups is 1. The van der Waals surface area contributed by atoms with Gasteiger partial charge in [-0.05, 0) is 37.3 Å². The Morgan fingerprint density at radius 1 is 1.32 bits per heavy atom. The molecule has 0 radical (unpaired) electrons. The average molecular weight is 261 g/mol. The van der Waals surface area contributed by atoms with Crippen molar-refractivity contribution >= 4 is 5.91 Å². The van der Waals surface area contributed by atoms with Gasteiger partial charge in [-0.25, -0.2) is 0 Å². The SMILES string of the molecule is Cc1ccccc1CCC(=O)NCC1(O)CCCC1. The molecule has 104 valence electrons. The molecule has 19 heavy (non-hydrogen) atoms. The van der Waals surface area contributed by atoms with E-state index < -0.39 is 5.60 Å². The number of hydrogen-bond acceptors (Lipinski definition) is 2. The largest absolute Gasteiger partial charge is 0.388 e. The molecule has 1 fully saturated rings. The van der Waals surface area contributed by atoms with Crippen molar-refractivity contribution in [2.75, 3.05) is 6.54 Å². The molecule has 0 aromatic heterocycles. The third-order valence-electron chi connectivity index (χ3n) is 4.03. The fraction of sp³-hybridized carbons (Fsp3) is 0.562. The van der Waals surface area contributed by atoms with Crippen LogP contribution >= 0.6 is 0 Å². The summed E-state index contributed by atoms with van der Waals surface area (Å²) in [5, 5.41) is 13.0. The Balaban J connectivity index is 1.74. The molecular weight excluding hydrogens is 238 g/mol. The number of benzene rings is 1. The van der Waals surface area contributed by atoms with Crippen molar-refractivity contribution in [1.82, 2.24) is 5.32 Å². The van der Waals surface area contributed by atoms with Gasteiger partial charge < -0.3 is 10.4 Å². The van der Waals surface area contributed by atoms with Gasteiger partial charge in [-0.3, -0.25) is 4.79 Å². The van der Waals surface area contributed by atoms with Gasteiger partial charge in [0.05, 0.1) is 5.60 Å². The van der Waals surface area contributed by atoms with Crippen molar-refractivity contribution in [2.45, 2.75) is 51.0 Å². The van der Waals surface area contributed by atoms with E-state index in [0.717, 1.165) is 32.1 Å². The number of aryl methyl sites for hydroxylation is 2. The van der Waals surface area contributed by atoms with Gasteiger partial charge in [0.1, 0.15) is 0 Å². The molecule has 1 amide bonds. The lowest BCUT2D eigenvalue weighted by Crippen LogP contribution is -2.40. The molecule has 3 nitrogen and oxygen atoms in total. The van der Waals surface area contributed by atoms with Crippen LogP contribution in [0.25, 0.3) is 0 Å². The van der Waals surface area contributed by atoms with E-state index in [1.807, 2.05) is 12.1 Å². The van der Waals surface area contributed by atoms with Crippen LogP contribution in [0.2, 0.25) is 0 Å². The standard InChI is InChI=1S/C16H23NO2/c1-13-6-2-3-7-14(13)8-9-15(18)17-12-16(19)10-4-5-11-16/h2-3,6-7,19H,4-5,8-12H2,1H3,(H,17,18). The predicted octanol–water partition coefficient (Wildman–Crippen LogP) is 2.35. The van der Waals surface area contributed by atoms with Gasteiger partial charge in [0.25, 0.3) is 0 Å². The maximum Gasteiger partial charge on any atom is 0.220 e. The van der Waals surface area contributed by atoms with E-state index in [2.05, 4.69) is 24.4 Å². The van der Waals surface area contributed by atoms with Crippen LogP contribution in [0.1, 0.15) is 43.2 Å². The van der Waals surface area contributed by atoms with Crippen LogP contribution in [-0.2, 0) is 11.2 Å². The molecule has 0 saturated heterocycles. The number of carbonyl (C=O) groups excluding carboxylic acids is 1. The van der Waals surface area contributed by atoms with Crippen LogP contribution in [0.4, 0.5) is 0 Å². The summed E-state index contributed by atoms with van der Waals surface area (Å²) in [6.45, 7) is 2.47. The van der Waals surface area contributed by atoms with Gasteiger partial charge in [-0.15, -0.1) is 0 Å². The van der Waals surface area contributed by atoms with Gasteiger partial charge in [-0.2, -0.15) is 0 Å². The third kappa shape index (κ3) is 4.06. The van der Waals surface area contributed by atoms with Crippen molar-refractivity contribution in [3.05, 3.63) is 35.4 Å². The Kier molecular flexibility index (Phi) is 4.59. The molecule has 0 atom stereocenters. The van der Waals surface area contributed by atoms with E-state index in [-0.39, 0.29) is 5.91 Å². The van der Waals surface area contributed by atoms with Crippen LogP contribution < -0.4 is 5.32 Å². The van der Waals surface area contributed by atoms with E-state index in [1.165, 1.54) is 11.1 Å². The highest BCUT2D eigenvalue weighted by molar-refractivity contribution is 5.76. The van der Waals surface area contributed by atoms with Gasteiger partial charge in [0.2, 0.25) is 5.91 Å². The molecule has 0 unspecified atom stereocenters. The zero-order valence-electron chi connectivity index (χ0n) is 11.6. The number of rotatable bonds is 5. The number of hydrogen-bond donors (Lipinski definition) is 2. The Hall–Kier alpha value is -1.35. The number of amides is 1. The summed E-state index contributed by atoms with van der Waals surface area (Å²) in [4.78, 5) is 11.8. The van der Waals surface area contributed by atoms with Crippen molar-refractivity contribution < 1.29 is 9.90 Å². The first-order chi connectivity index (χ1) is 9.09. The Bertz CT molecular complexity index is 436. The molecule has 0 spiro atoms. The van der Waals surface area contributed by atoms with E-state index in [1.54, 1.807) is 0 Å². The minimum Gasteiger partial charge on any atom is -0.388 e. The first kappa shape index (κ1) is 14.1. The van der Waals surface area contributed by atoms with Crippen LogP contribution in [0.3, 0.4) is 0 Å². The van der Waals surface area contributed by atoms with Crippen molar-refractivity contribution in [3.8, 4) is 0 Å². The van der Waals surface area contributed by atoms with Gasteiger partial charge >= 0.3 is 0 Å². The zero-order valence-corrected chi connectivity index (χ0v) is 11.6. The fourth-order valence-electron chi connectivity index (χ4n) is 2.70. The topological polar surface area (TPSA) is 49.3 Å². The molecule has 0 heterocycles. The maximum atomic E-state index is 11.8. The monoisotopic (exact) mass is 261 g/mol. The summed E-state index contributed by atoms with van der Waals surface area (Å²) in [5.41, 5.74) is 1.79. The van der Waals surface area contributed by atoms with Gasteiger partial charge in [-0.1, -0.05) is 37.1 Å². The Morgan fingerprint density at radius 2 is 2.00 bits per heavy atom. The second kappa shape index (κ2) is 6.20. The van der Waals surface area contributed by atoms with Crippen molar-refractivity contribution in [1.29, 1.82) is 0 Å². The summed E-state index contributed by atoms with van der Waals surface area (Å²) in [6, 6.07) is 8.14. The quantitative estimate of drug-likeness (QED) is 0.854. The average Bonchev–Trinajstić information content (AvgIpc) is 2.83. The molecule has 2 N–H and O–H groups in total. The first-order valence-electron chi connectivity index (χ1n) is 7.13. The summed E-state index contributed by atoms with van der Waals surface area (Å²) >= 11 is 0. The molecule has 1 aromatic carbocycles. The molecule has 1 aliphatic rings. The Labute approximate surface area is 115 Å². The first-order valence-corrected chi connectivity index (χ1v) is 7.13. The zero-order chi connectivity index (χ0) is 13.7. The van der Waals surface area contributed by atoms with Gasteiger partial charge in [0, 0.05) is 13.0 Å². The Morgan fingerprint density at radius 3 is 2.68 bits per heavy atom.